The van der Waals surface area contributed by atoms with E-state index < -0.39 is 0 Å². The fourth-order valence-electron chi connectivity index (χ4n) is 4.84. The molecule has 31 heavy (non-hydrogen) atoms. The number of nitrogens with zero attached hydrogens (tertiary/aromatic N) is 1. The summed E-state index contributed by atoms with van der Waals surface area (Å²) in [5.41, 5.74) is 7.14. The monoisotopic (exact) mass is 494 g/mol. The molecule has 5 rings (SSSR count). The number of hydrogen-bond acceptors (Lipinski definition) is 2. The third kappa shape index (κ3) is 4.28. The second-order valence-electron chi connectivity index (χ2n) is 8.46. The van der Waals surface area contributed by atoms with Gasteiger partial charge in [0.2, 0.25) is 0 Å². The number of carbonyl (C=O) groups excluding carboxylic acids is 1. The van der Waals surface area contributed by atoms with Crippen molar-refractivity contribution in [1.82, 2.24) is 9.97 Å². The van der Waals surface area contributed by atoms with Gasteiger partial charge in [-0.2, -0.15) is 0 Å². The van der Waals surface area contributed by atoms with Crippen LogP contribution in [0, 0.1) is 0 Å². The molecule has 0 saturated heterocycles. The van der Waals surface area contributed by atoms with Crippen LogP contribution < -0.4 is 0 Å². The SMILES string of the molecule is O=C(CCCc1c2c(nc3cc(Cl)ccc13)CCCC2)Cc1c[nH]c2ccc(Br)cc12. The Morgan fingerprint density at radius 3 is 2.87 bits per heavy atom. The zero-order chi connectivity index (χ0) is 21.4. The number of aryl methyl sites for hydroxylation is 2. The molecule has 0 spiro atoms. The van der Waals surface area contributed by atoms with Crippen molar-refractivity contribution in [3.05, 3.63) is 74.5 Å². The molecule has 4 aromatic rings. The number of fused-ring (bicyclic) bond motifs is 3. The number of hydrogen-bond donors (Lipinski definition) is 1. The van der Waals surface area contributed by atoms with Crippen molar-refractivity contribution in [2.24, 2.45) is 0 Å². The van der Waals surface area contributed by atoms with Gasteiger partial charge in [0, 0.05) is 50.5 Å². The number of Topliss-reactive ketones (excluding diaryl/α,β-unsaturated/α-hetero) is 1. The van der Waals surface area contributed by atoms with Crippen molar-refractivity contribution >= 4 is 55.1 Å². The fourth-order valence-corrected chi connectivity index (χ4v) is 5.37. The number of pyridine rings is 1. The van der Waals surface area contributed by atoms with Crippen LogP contribution in [0.4, 0.5) is 0 Å². The smallest absolute Gasteiger partial charge is 0.137 e. The number of benzene rings is 2. The molecule has 2 aromatic heterocycles. The van der Waals surface area contributed by atoms with Gasteiger partial charge in [-0.25, -0.2) is 0 Å². The topological polar surface area (TPSA) is 45.8 Å². The van der Waals surface area contributed by atoms with Crippen molar-refractivity contribution in [2.75, 3.05) is 0 Å². The number of ketones is 1. The number of aromatic nitrogens is 2. The van der Waals surface area contributed by atoms with Crippen molar-refractivity contribution in [3.63, 3.8) is 0 Å². The number of aromatic amines is 1. The van der Waals surface area contributed by atoms with E-state index in [1.165, 1.54) is 35.0 Å². The summed E-state index contributed by atoms with van der Waals surface area (Å²) in [6.07, 6.45) is 9.35. The summed E-state index contributed by atoms with van der Waals surface area (Å²) < 4.78 is 1.03. The summed E-state index contributed by atoms with van der Waals surface area (Å²) in [6, 6.07) is 12.1. The second-order valence-corrected chi connectivity index (χ2v) is 9.81. The molecule has 3 nitrogen and oxygen atoms in total. The van der Waals surface area contributed by atoms with E-state index in [2.05, 4.69) is 33.0 Å². The number of halogens is 2. The highest BCUT2D eigenvalue weighted by molar-refractivity contribution is 9.10. The van der Waals surface area contributed by atoms with E-state index in [9.17, 15) is 4.79 Å². The summed E-state index contributed by atoms with van der Waals surface area (Å²) in [4.78, 5) is 20.9. The fraction of sp³-hybridized carbons (Fsp3) is 0.308. The summed E-state index contributed by atoms with van der Waals surface area (Å²) >= 11 is 9.76. The van der Waals surface area contributed by atoms with Gasteiger partial charge < -0.3 is 4.98 Å². The third-order valence-electron chi connectivity index (χ3n) is 6.34. The lowest BCUT2D eigenvalue weighted by atomic mass is 9.87. The minimum Gasteiger partial charge on any atom is -0.361 e. The molecular formula is C26H24BrClN2O. The quantitative estimate of drug-likeness (QED) is 0.309. The van der Waals surface area contributed by atoms with Crippen molar-refractivity contribution in [1.29, 1.82) is 0 Å². The molecule has 2 aromatic carbocycles. The van der Waals surface area contributed by atoms with Crippen LogP contribution in [-0.2, 0) is 30.5 Å². The highest BCUT2D eigenvalue weighted by atomic mass is 79.9. The number of carbonyl (C=O) groups is 1. The Kier molecular flexibility index (Phi) is 5.85. The Balaban J connectivity index is 1.33. The normalized spacial score (nSPS) is 13.6. The van der Waals surface area contributed by atoms with Gasteiger partial charge in [0.05, 0.1) is 5.52 Å². The first-order valence-corrected chi connectivity index (χ1v) is 12.1. The molecule has 1 aliphatic rings. The van der Waals surface area contributed by atoms with Crippen LogP contribution in [0.2, 0.25) is 5.02 Å². The largest absolute Gasteiger partial charge is 0.361 e. The van der Waals surface area contributed by atoms with E-state index >= 15 is 0 Å². The van der Waals surface area contributed by atoms with E-state index in [1.807, 2.05) is 30.5 Å². The second kappa shape index (κ2) is 8.76. The predicted molar refractivity (Wildman–Crippen MR) is 131 cm³/mol. The molecule has 0 aliphatic heterocycles. The molecule has 0 atom stereocenters. The minimum absolute atomic E-state index is 0.288. The Morgan fingerprint density at radius 1 is 1.10 bits per heavy atom. The average molecular weight is 496 g/mol. The van der Waals surface area contributed by atoms with Crippen LogP contribution in [-0.4, -0.2) is 15.8 Å². The molecule has 5 heteroatoms. The maximum absolute atomic E-state index is 12.8. The summed E-state index contributed by atoms with van der Waals surface area (Å²) in [7, 11) is 0. The van der Waals surface area contributed by atoms with E-state index in [4.69, 9.17) is 16.6 Å². The zero-order valence-corrected chi connectivity index (χ0v) is 19.7. The molecule has 0 saturated carbocycles. The molecule has 2 heterocycles. The first-order chi connectivity index (χ1) is 15.1. The van der Waals surface area contributed by atoms with Crippen molar-refractivity contribution < 1.29 is 4.79 Å². The molecule has 0 radical (unpaired) electrons. The van der Waals surface area contributed by atoms with E-state index in [1.54, 1.807) is 0 Å². The molecule has 0 unspecified atom stereocenters. The van der Waals surface area contributed by atoms with Gasteiger partial charge in [-0.1, -0.05) is 33.6 Å². The molecular weight excluding hydrogens is 472 g/mol. The summed E-state index contributed by atoms with van der Waals surface area (Å²) in [5, 5.41) is 3.04. The Bertz CT molecular complexity index is 1290. The lowest BCUT2D eigenvalue weighted by Crippen LogP contribution is -2.11. The van der Waals surface area contributed by atoms with Crippen LogP contribution in [0.25, 0.3) is 21.8 Å². The van der Waals surface area contributed by atoms with Crippen molar-refractivity contribution in [3.8, 4) is 0 Å². The molecule has 0 amide bonds. The number of H-pyrrole nitrogens is 1. The average Bonchev–Trinajstić information content (AvgIpc) is 3.14. The maximum atomic E-state index is 12.8. The zero-order valence-electron chi connectivity index (χ0n) is 17.3. The first-order valence-electron chi connectivity index (χ1n) is 11.0. The molecule has 158 valence electrons. The van der Waals surface area contributed by atoms with Gasteiger partial charge in [0.15, 0.2) is 0 Å². The Hall–Kier alpha value is -2.17. The van der Waals surface area contributed by atoms with Crippen LogP contribution in [0.15, 0.2) is 47.1 Å². The molecule has 0 fully saturated rings. The highest BCUT2D eigenvalue weighted by Gasteiger charge is 2.18. The highest BCUT2D eigenvalue weighted by Crippen LogP contribution is 2.32. The molecule has 1 aliphatic carbocycles. The van der Waals surface area contributed by atoms with Gasteiger partial charge in [-0.15, -0.1) is 0 Å². The maximum Gasteiger partial charge on any atom is 0.137 e. The van der Waals surface area contributed by atoms with E-state index in [0.717, 1.165) is 57.2 Å². The number of nitrogens with one attached hydrogen (secondary N) is 1. The van der Waals surface area contributed by atoms with Gasteiger partial charge in [-0.05, 0) is 85.5 Å². The van der Waals surface area contributed by atoms with Gasteiger partial charge >= 0.3 is 0 Å². The standard InChI is InChI=1S/C26H24BrClN2O/c27-17-8-11-24-23(13-17)16(15-29-24)12-19(31)4-3-6-20-21-5-1-2-7-25(21)30-26-14-18(28)9-10-22(20)26/h8-11,13-15,29H,1-7,12H2. The van der Waals surface area contributed by atoms with Crippen LogP contribution in [0.5, 0.6) is 0 Å². The minimum atomic E-state index is 0.288. The third-order valence-corrected chi connectivity index (χ3v) is 7.07. The van der Waals surface area contributed by atoms with Gasteiger partial charge in [0.25, 0.3) is 0 Å². The van der Waals surface area contributed by atoms with Gasteiger partial charge in [0.1, 0.15) is 5.78 Å². The molecule has 1 N–H and O–H groups in total. The molecule has 0 bridgehead atoms. The van der Waals surface area contributed by atoms with Gasteiger partial charge in [-0.3, -0.25) is 9.78 Å². The van der Waals surface area contributed by atoms with Crippen molar-refractivity contribution in [2.45, 2.75) is 51.4 Å². The lowest BCUT2D eigenvalue weighted by molar-refractivity contribution is -0.118. The van der Waals surface area contributed by atoms with E-state index in [0.29, 0.717) is 12.8 Å². The van der Waals surface area contributed by atoms with Crippen LogP contribution in [0.3, 0.4) is 0 Å². The van der Waals surface area contributed by atoms with Crippen LogP contribution >= 0.6 is 27.5 Å². The first kappa shape index (κ1) is 20.7. The predicted octanol–water partition coefficient (Wildman–Crippen LogP) is 7.15. The Labute approximate surface area is 195 Å². The summed E-state index contributed by atoms with van der Waals surface area (Å²) in [6.45, 7) is 0. The lowest BCUT2D eigenvalue weighted by Gasteiger charge is -2.21. The summed E-state index contributed by atoms with van der Waals surface area (Å²) in [5.74, 6) is 0.288. The van der Waals surface area contributed by atoms with E-state index in [-0.39, 0.29) is 5.78 Å². The Morgan fingerprint density at radius 2 is 1.97 bits per heavy atom. The van der Waals surface area contributed by atoms with Crippen LogP contribution in [0.1, 0.15) is 48.1 Å². The number of rotatable bonds is 6.